The van der Waals surface area contributed by atoms with Crippen molar-refractivity contribution in [1.82, 2.24) is 9.78 Å². The van der Waals surface area contributed by atoms with Crippen molar-refractivity contribution < 1.29 is 9.21 Å². The predicted molar refractivity (Wildman–Crippen MR) is 75.5 cm³/mol. The highest BCUT2D eigenvalue weighted by atomic mass is 127. The molecule has 2 heterocycles. The molecule has 3 rings (SSSR count). The smallest absolute Gasteiger partial charge is 0.219 e. The quantitative estimate of drug-likeness (QED) is 0.538. The van der Waals surface area contributed by atoms with Crippen LogP contribution < -0.4 is 0 Å². The highest BCUT2D eigenvalue weighted by Gasteiger charge is 2.13. The molecular weight excluding hydrogens is 343 g/mol. The third-order valence-corrected chi connectivity index (χ3v) is 3.16. The summed E-state index contributed by atoms with van der Waals surface area (Å²) in [6, 6.07) is 9.35. The van der Waals surface area contributed by atoms with Crippen LogP contribution in [0.25, 0.3) is 11.0 Å². The predicted octanol–water partition coefficient (Wildman–Crippen LogP) is 3.12. The second-order valence-electron chi connectivity index (χ2n) is 3.93. The molecule has 0 radical (unpaired) electrons. The van der Waals surface area contributed by atoms with E-state index in [1.165, 1.54) is 0 Å². The fourth-order valence-corrected chi connectivity index (χ4v) is 2.22. The van der Waals surface area contributed by atoms with Gasteiger partial charge in [0.15, 0.2) is 5.76 Å². The number of aromatic nitrogens is 2. The number of hydrogen-bond donors (Lipinski definition) is 0. The van der Waals surface area contributed by atoms with Crippen molar-refractivity contribution in [2.24, 2.45) is 0 Å². The molecule has 0 aliphatic carbocycles. The van der Waals surface area contributed by atoms with Crippen molar-refractivity contribution in [1.29, 1.82) is 0 Å². The molecule has 0 saturated heterocycles. The number of hydrogen-bond acceptors (Lipinski definition) is 3. The van der Waals surface area contributed by atoms with Crippen molar-refractivity contribution in [3.05, 3.63) is 52.1 Å². The van der Waals surface area contributed by atoms with Gasteiger partial charge in [-0.3, -0.25) is 9.48 Å². The number of Topliss-reactive ketones (excluding diaryl/α,β-unsaturated/α-hetero) is 1. The van der Waals surface area contributed by atoms with Gasteiger partial charge < -0.3 is 4.42 Å². The Morgan fingerprint density at radius 3 is 2.94 bits per heavy atom. The molecular formula is C13H9IN2O2. The fraction of sp³-hybridized carbons (Fsp3) is 0.0769. The summed E-state index contributed by atoms with van der Waals surface area (Å²) < 4.78 is 8.13. The lowest BCUT2D eigenvalue weighted by molar-refractivity contribution is 0.0942. The molecule has 0 bridgehead atoms. The zero-order valence-electron chi connectivity index (χ0n) is 9.34. The zero-order valence-corrected chi connectivity index (χ0v) is 11.5. The summed E-state index contributed by atoms with van der Waals surface area (Å²) in [6.07, 6.45) is 3.54. The maximum Gasteiger partial charge on any atom is 0.219 e. The fourth-order valence-electron chi connectivity index (χ4n) is 1.77. The molecule has 0 fully saturated rings. The molecule has 0 aliphatic heterocycles. The topological polar surface area (TPSA) is 48.0 Å². The average Bonchev–Trinajstić information content (AvgIpc) is 2.95. The van der Waals surface area contributed by atoms with Gasteiger partial charge in [-0.2, -0.15) is 5.10 Å². The number of rotatable bonds is 3. The highest BCUT2D eigenvalue weighted by Crippen LogP contribution is 2.19. The first-order valence-electron chi connectivity index (χ1n) is 5.42. The van der Waals surface area contributed by atoms with Crippen molar-refractivity contribution in [2.45, 2.75) is 6.54 Å². The zero-order chi connectivity index (χ0) is 12.5. The lowest BCUT2D eigenvalue weighted by atomic mass is 10.2. The molecule has 3 aromatic rings. The van der Waals surface area contributed by atoms with Crippen LogP contribution in [0.3, 0.4) is 0 Å². The summed E-state index contributed by atoms with van der Waals surface area (Å²) in [5, 5.41) is 5.02. The van der Waals surface area contributed by atoms with Gasteiger partial charge in [0, 0.05) is 11.6 Å². The molecule has 4 nitrogen and oxygen atoms in total. The van der Waals surface area contributed by atoms with Gasteiger partial charge in [-0.05, 0) is 34.7 Å². The lowest BCUT2D eigenvalue weighted by Gasteiger charge is -1.97. The van der Waals surface area contributed by atoms with Crippen LogP contribution >= 0.6 is 22.6 Å². The highest BCUT2D eigenvalue weighted by molar-refractivity contribution is 14.1. The maximum absolute atomic E-state index is 12.0. The first-order valence-corrected chi connectivity index (χ1v) is 6.50. The van der Waals surface area contributed by atoms with Crippen molar-refractivity contribution >= 4 is 39.3 Å². The van der Waals surface area contributed by atoms with E-state index in [9.17, 15) is 4.79 Å². The molecule has 2 aromatic heterocycles. The normalized spacial score (nSPS) is 10.9. The molecule has 0 N–H and O–H groups in total. The minimum atomic E-state index is -0.0781. The van der Waals surface area contributed by atoms with Crippen LogP contribution in [0, 0.1) is 3.57 Å². The monoisotopic (exact) mass is 352 g/mol. The van der Waals surface area contributed by atoms with Gasteiger partial charge in [0.25, 0.3) is 0 Å². The van der Waals surface area contributed by atoms with Crippen LogP contribution in [0.2, 0.25) is 0 Å². The number of para-hydroxylation sites is 1. The van der Waals surface area contributed by atoms with Crippen LogP contribution in [0.5, 0.6) is 0 Å². The average molecular weight is 352 g/mol. The summed E-state index contributed by atoms with van der Waals surface area (Å²) >= 11 is 2.16. The van der Waals surface area contributed by atoms with Crippen LogP contribution in [-0.4, -0.2) is 15.6 Å². The number of carbonyl (C=O) groups excluding carboxylic acids is 1. The number of halogens is 1. The number of fused-ring (bicyclic) bond motifs is 1. The SMILES string of the molecule is O=C(Cn1cc(I)cn1)c1cc2ccccc2o1. The third-order valence-electron chi connectivity index (χ3n) is 2.61. The van der Waals surface area contributed by atoms with Gasteiger partial charge in [-0.25, -0.2) is 0 Å². The molecule has 0 unspecified atom stereocenters. The summed E-state index contributed by atoms with van der Waals surface area (Å²) in [5.74, 6) is 0.299. The minimum Gasteiger partial charge on any atom is -0.453 e. The number of ketones is 1. The third kappa shape index (κ3) is 2.17. The number of furan rings is 1. The van der Waals surface area contributed by atoms with E-state index in [2.05, 4.69) is 27.7 Å². The standard InChI is InChI=1S/C13H9IN2O2/c14-10-6-15-16(7-10)8-11(17)13-5-9-3-1-2-4-12(9)18-13/h1-7H,8H2. The summed E-state index contributed by atoms with van der Waals surface area (Å²) in [5.41, 5.74) is 0.732. The van der Waals surface area contributed by atoms with E-state index in [1.54, 1.807) is 16.9 Å². The van der Waals surface area contributed by atoms with E-state index in [0.29, 0.717) is 5.76 Å². The van der Waals surface area contributed by atoms with E-state index in [-0.39, 0.29) is 12.3 Å². The summed E-state index contributed by atoms with van der Waals surface area (Å²) in [4.78, 5) is 12.0. The molecule has 18 heavy (non-hydrogen) atoms. The Morgan fingerprint density at radius 1 is 1.39 bits per heavy atom. The van der Waals surface area contributed by atoms with E-state index in [4.69, 9.17) is 4.42 Å². The summed E-state index contributed by atoms with van der Waals surface area (Å²) in [7, 11) is 0. The second kappa shape index (κ2) is 4.56. The molecule has 90 valence electrons. The Labute approximate surface area is 117 Å². The molecule has 0 amide bonds. The first-order chi connectivity index (χ1) is 8.72. The van der Waals surface area contributed by atoms with Crippen molar-refractivity contribution in [3.63, 3.8) is 0 Å². The minimum absolute atomic E-state index is 0.0781. The lowest BCUT2D eigenvalue weighted by Crippen LogP contribution is -2.09. The van der Waals surface area contributed by atoms with Gasteiger partial charge in [0.2, 0.25) is 5.78 Å². The Kier molecular flexibility index (Phi) is 2.91. The van der Waals surface area contributed by atoms with Gasteiger partial charge >= 0.3 is 0 Å². The summed E-state index contributed by atoms with van der Waals surface area (Å²) in [6.45, 7) is 0.197. The molecule has 1 aromatic carbocycles. The van der Waals surface area contributed by atoms with E-state index in [1.807, 2.05) is 30.5 Å². The Balaban J connectivity index is 1.87. The largest absolute Gasteiger partial charge is 0.453 e. The number of carbonyl (C=O) groups is 1. The Bertz CT molecular complexity index is 681. The van der Waals surface area contributed by atoms with Crippen molar-refractivity contribution in [3.8, 4) is 0 Å². The van der Waals surface area contributed by atoms with E-state index < -0.39 is 0 Å². The first kappa shape index (κ1) is 11.5. The van der Waals surface area contributed by atoms with Crippen molar-refractivity contribution in [2.75, 3.05) is 0 Å². The van der Waals surface area contributed by atoms with E-state index >= 15 is 0 Å². The van der Waals surface area contributed by atoms with Crippen LogP contribution in [0.4, 0.5) is 0 Å². The molecule has 0 spiro atoms. The number of benzene rings is 1. The van der Waals surface area contributed by atoms with Gasteiger partial charge in [0.1, 0.15) is 12.1 Å². The molecule has 5 heteroatoms. The van der Waals surface area contributed by atoms with E-state index in [0.717, 1.165) is 14.5 Å². The molecule has 0 atom stereocenters. The Hall–Kier alpha value is -1.63. The van der Waals surface area contributed by atoms with Crippen LogP contribution in [0.1, 0.15) is 10.6 Å². The van der Waals surface area contributed by atoms with Crippen LogP contribution in [0.15, 0.2) is 47.1 Å². The Morgan fingerprint density at radius 2 is 2.22 bits per heavy atom. The van der Waals surface area contributed by atoms with Gasteiger partial charge in [0.05, 0.1) is 9.77 Å². The molecule has 0 saturated carbocycles. The van der Waals surface area contributed by atoms with Gasteiger partial charge in [-0.15, -0.1) is 0 Å². The van der Waals surface area contributed by atoms with Gasteiger partial charge in [-0.1, -0.05) is 18.2 Å². The second-order valence-corrected chi connectivity index (χ2v) is 5.17. The maximum atomic E-state index is 12.0. The molecule has 0 aliphatic rings. The van der Waals surface area contributed by atoms with Crippen LogP contribution in [-0.2, 0) is 6.54 Å². The number of nitrogens with zero attached hydrogens (tertiary/aromatic N) is 2.